The van der Waals surface area contributed by atoms with Gasteiger partial charge in [-0.15, -0.1) is 0 Å². The van der Waals surface area contributed by atoms with Gasteiger partial charge < -0.3 is 10.1 Å². The molecule has 1 aromatic rings. The smallest absolute Gasteiger partial charge is 0.260 e. The lowest BCUT2D eigenvalue weighted by Crippen LogP contribution is -2.39. The molecule has 0 saturated heterocycles. The van der Waals surface area contributed by atoms with Gasteiger partial charge in [0.15, 0.2) is 5.03 Å². The van der Waals surface area contributed by atoms with Crippen LogP contribution in [0.4, 0.5) is 0 Å². The molecule has 110 valence electrons. The first-order chi connectivity index (χ1) is 8.95. The van der Waals surface area contributed by atoms with Crippen LogP contribution in [0.15, 0.2) is 11.2 Å². The second kappa shape index (κ2) is 6.99. The minimum atomic E-state index is -3.59. The zero-order valence-electron chi connectivity index (χ0n) is 11.8. The van der Waals surface area contributed by atoms with Crippen molar-refractivity contribution < 1.29 is 13.2 Å². The van der Waals surface area contributed by atoms with Crippen molar-refractivity contribution in [3.8, 4) is 0 Å². The number of H-pyrrole nitrogens is 1. The fourth-order valence-electron chi connectivity index (χ4n) is 1.79. The number of nitrogens with one attached hydrogen (secondary N) is 2. The summed E-state index contributed by atoms with van der Waals surface area (Å²) >= 11 is 0. The fraction of sp³-hybridized carbons (Fsp3) is 0.727. The minimum absolute atomic E-state index is 0.145. The number of hydrogen-bond acceptors (Lipinski definition) is 5. The molecule has 0 unspecified atom stereocenters. The lowest BCUT2D eigenvalue weighted by atomic mass is 10.4. The Morgan fingerprint density at radius 3 is 2.74 bits per heavy atom. The Morgan fingerprint density at radius 2 is 2.21 bits per heavy atom. The predicted molar refractivity (Wildman–Crippen MR) is 72.3 cm³/mol. The molecule has 1 heterocycles. The van der Waals surface area contributed by atoms with Crippen molar-refractivity contribution in [2.24, 2.45) is 0 Å². The van der Waals surface area contributed by atoms with E-state index in [-0.39, 0.29) is 11.1 Å². The van der Waals surface area contributed by atoms with E-state index in [0.29, 0.717) is 25.3 Å². The fourth-order valence-corrected chi connectivity index (χ4v) is 3.52. The predicted octanol–water partition coefficient (Wildman–Crippen LogP) is 0.175. The average molecular weight is 290 g/mol. The summed E-state index contributed by atoms with van der Waals surface area (Å²) in [4.78, 5) is 0. The van der Waals surface area contributed by atoms with Crippen LogP contribution in [0.1, 0.15) is 19.4 Å². The van der Waals surface area contributed by atoms with Crippen molar-refractivity contribution in [2.75, 3.05) is 27.3 Å². The van der Waals surface area contributed by atoms with Crippen LogP contribution in [-0.4, -0.2) is 56.3 Å². The van der Waals surface area contributed by atoms with Gasteiger partial charge in [0.1, 0.15) is 0 Å². The monoisotopic (exact) mass is 290 g/mol. The van der Waals surface area contributed by atoms with Gasteiger partial charge in [-0.1, -0.05) is 0 Å². The SMILES string of the molecule is CNCc1cn[nH]c1S(=O)(=O)N(CCOC)C(C)C. The molecule has 0 aliphatic heterocycles. The van der Waals surface area contributed by atoms with Gasteiger partial charge >= 0.3 is 0 Å². The summed E-state index contributed by atoms with van der Waals surface area (Å²) in [6.07, 6.45) is 1.53. The lowest BCUT2D eigenvalue weighted by molar-refractivity contribution is 0.170. The standard InChI is InChI=1S/C11H22N4O3S/c1-9(2)15(5-6-18-4)19(16,17)11-10(7-12-3)8-13-14-11/h8-9,12H,5-7H2,1-4H3,(H,13,14). The Bertz CT molecular complexity index is 484. The second-order valence-electron chi connectivity index (χ2n) is 4.46. The molecular weight excluding hydrogens is 268 g/mol. The highest BCUT2D eigenvalue weighted by Gasteiger charge is 2.30. The van der Waals surface area contributed by atoms with Crippen LogP contribution in [0, 0.1) is 0 Å². The molecule has 19 heavy (non-hydrogen) atoms. The van der Waals surface area contributed by atoms with Crippen molar-refractivity contribution in [1.82, 2.24) is 19.8 Å². The van der Waals surface area contributed by atoms with Crippen molar-refractivity contribution in [1.29, 1.82) is 0 Å². The molecule has 0 atom stereocenters. The average Bonchev–Trinajstić information content (AvgIpc) is 2.78. The van der Waals surface area contributed by atoms with Crippen LogP contribution in [0.25, 0.3) is 0 Å². The summed E-state index contributed by atoms with van der Waals surface area (Å²) in [5, 5.41) is 9.48. The van der Waals surface area contributed by atoms with E-state index in [2.05, 4.69) is 15.5 Å². The summed E-state index contributed by atoms with van der Waals surface area (Å²) in [6, 6.07) is -0.147. The first-order valence-corrected chi connectivity index (χ1v) is 7.56. The van der Waals surface area contributed by atoms with Gasteiger partial charge in [-0.25, -0.2) is 8.42 Å². The second-order valence-corrected chi connectivity index (χ2v) is 6.28. The maximum atomic E-state index is 12.6. The van der Waals surface area contributed by atoms with Crippen molar-refractivity contribution in [3.05, 3.63) is 11.8 Å². The molecule has 0 aliphatic carbocycles. The third kappa shape index (κ3) is 3.75. The van der Waals surface area contributed by atoms with E-state index in [1.807, 2.05) is 13.8 Å². The van der Waals surface area contributed by atoms with Crippen molar-refractivity contribution >= 4 is 10.0 Å². The molecule has 0 aliphatic rings. The van der Waals surface area contributed by atoms with E-state index in [0.717, 1.165) is 0 Å². The number of aromatic amines is 1. The molecule has 1 rings (SSSR count). The Morgan fingerprint density at radius 1 is 1.53 bits per heavy atom. The maximum absolute atomic E-state index is 12.6. The van der Waals surface area contributed by atoms with Gasteiger partial charge in [-0.3, -0.25) is 5.10 Å². The molecule has 2 N–H and O–H groups in total. The molecule has 0 radical (unpaired) electrons. The maximum Gasteiger partial charge on any atom is 0.260 e. The quantitative estimate of drug-likeness (QED) is 0.713. The summed E-state index contributed by atoms with van der Waals surface area (Å²) in [5.74, 6) is 0. The zero-order valence-corrected chi connectivity index (χ0v) is 12.6. The van der Waals surface area contributed by atoms with Crippen molar-refractivity contribution in [3.63, 3.8) is 0 Å². The third-order valence-corrected chi connectivity index (χ3v) is 4.79. The van der Waals surface area contributed by atoms with E-state index < -0.39 is 10.0 Å². The molecule has 8 heteroatoms. The summed E-state index contributed by atoms with van der Waals surface area (Å²) in [5.41, 5.74) is 0.630. The topological polar surface area (TPSA) is 87.3 Å². The summed E-state index contributed by atoms with van der Waals surface area (Å²) in [6.45, 7) is 4.78. The van der Waals surface area contributed by atoms with E-state index in [1.54, 1.807) is 14.2 Å². The van der Waals surface area contributed by atoms with E-state index in [9.17, 15) is 8.42 Å². The van der Waals surface area contributed by atoms with Crippen LogP contribution in [0.2, 0.25) is 0 Å². The highest BCUT2D eigenvalue weighted by atomic mass is 32.2. The van der Waals surface area contributed by atoms with Gasteiger partial charge in [0.25, 0.3) is 10.0 Å². The minimum Gasteiger partial charge on any atom is -0.383 e. The van der Waals surface area contributed by atoms with E-state index in [1.165, 1.54) is 10.5 Å². The molecule has 0 fully saturated rings. The summed E-state index contributed by atoms with van der Waals surface area (Å²) in [7, 11) is -0.279. The number of sulfonamides is 1. The van der Waals surface area contributed by atoms with Gasteiger partial charge in [0.05, 0.1) is 12.8 Å². The number of nitrogens with zero attached hydrogens (tertiary/aromatic N) is 2. The molecule has 1 aromatic heterocycles. The van der Waals surface area contributed by atoms with Crippen molar-refractivity contribution in [2.45, 2.75) is 31.5 Å². The van der Waals surface area contributed by atoms with E-state index >= 15 is 0 Å². The molecule has 7 nitrogen and oxygen atoms in total. The van der Waals surface area contributed by atoms with Gasteiger partial charge in [-0.2, -0.15) is 9.40 Å². The van der Waals surface area contributed by atoms with Gasteiger partial charge in [0.2, 0.25) is 0 Å². The Kier molecular flexibility index (Phi) is 5.92. The van der Waals surface area contributed by atoms with Crippen LogP contribution >= 0.6 is 0 Å². The first kappa shape index (κ1) is 16.1. The molecule has 0 spiro atoms. The largest absolute Gasteiger partial charge is 0.383 e. The Hall–Kier alpha value is -0.960. The lowest BCUT2D eigenvalue weighted by Gasteiger charge is -2.25. The molecule has 0 amide bonds. The Balaban J connectivity index is 3.08. The first-order valence-electron chi connectivity index (χ1n) is 6.12. The van der Waals surface area contributed by atoms with Crippen LogP contribution in [0.5, 0.6) is 0 Å². The highest BCUT2D eigenvalue weighted by molar-refractivity contribution is 7.89. The summed E-state index contributed by atoms with van der Waals surface area (Å²) < 4.78 is 31.6. The number of hydrogen-bond donors (Lipinski definition) is 2. The number of methoxy groups -OCH3 is 1. The van der Waals surface area contributed by atoms with Crippen LogP contribution in [0.3, 0.4) is 0 Å². The van der Waals surface area contributed by atoms with Gasteiger partial charge in [0, 0.05) is 31.8 Å². The third-order valence-electron chi connectivity index (χ3n) is 2.70. The molecule has 0 bridgehead atoms. The number of aromatic nitrogens is 2. The van der Waals surface area contributed by atoms with Crippen LogP contribution in [-0.2, 0) is 21.3 Å². The normalized spacial score (nSPS) is 12.5. The number of ether oxygens (including phenoxy) is 1. The number of rotatable bonds is 8. The van der Waals surface area contributed by atoms with Crippen LogP contribution < -0.4 is 5.32 Å². The highest BCUT2D eigenvalue weighted by Crippen LogP contribution is 2.19. The molecule has 0 aromatic carbocycles. The Labute approximate surface area is 114 Å². The van der Waals surface area contributed by atoms with Gasteiger partial charge in [-0.05, 0) is 20.9 Å². The van der Waals surface area contributed by atoms with E-state index in [4.69, 9.17) is 4.74 Å². The molecule has 0 saturated carbocycles. The zero-order chi connectivity index (χ0) is 14.5. The molecular formula is C11H22N4O3S.